The first-order valence-corrected chi connectivity index (χ1v) is 9.71. The van der Waals surface area contributed by atoms with Crippen LogP contribution in [0.3, 0.4) is 0 Å². The van der Waals surface area contributed by atoms with Crippen molar-refractivity contribution >= 4 is 0 Å². The lowest BCUT2D eigenvalue weighted by molar-refractivity contribution is -0.133. The predicted molar refractivity (Wildman–Crippen MR) is 90.2 cm³/mol. The molecule has 0 saturated heterocycles. The second kappa shape index (κ2) is 9.13. The number of rotatable bonds is 6. The molecule has 0 aromatic rings. The van der Waals surface area contributed by atoms with Crippen molar-refractivity contribution in [2.75, 3.05) is 0 Å². The predicted octanol–water partition coefficient (Wildman–Crippen LogP) is 7.30. The van der Waals surface area contributed by atoms with Gasteiger partial charge >= 0.3 is 6.18 Å². The maximum atomic E-state index is 12.1. The van der Waals surface area contributed by atoms with Crippen LogP contribution >= 0.6 is 0 Å². The normalized spacial score (nSPS) is 33.2. The quantitative estimate of drug-likeness (QED) is 0.448. The molecular weight excluding hydrogens is 297 g/mol. The summed E-state index contributed by atoms with van der Waals surface area (Å²) in [7, 11) is 0. The molecule has 23 heavy (non-hydrogen) atoms. The fraction of sp³-hybridized carbons (Fsp3) is 0.900. The van der Waals surface area contributed by atoms with Gasteiger partial charge in [0.25, 0.3) is 0 Å². The van der Waals surface area contributed by atoms with Crippen LogP contribution in [0.1, 0.15) is 84.0 Å². The number of halogens is 3. The van der Waals surface area contributed by atoms with Crippen molar-refractivity contribution in [2.24, 2.45) is 23.7 Å². The topological polar surface area (TPSA) is 0 Å². The SMILES string of the molecule is CCCC1CCC([C@H]2CC[C@H](/C=C/CCC(F)(F)F)CC2)CC1. The number of hydrogen-bond donors (Lipinski definition) is 0. The van der Waals surface area contributed by atoms with E-state index in [-0.39, 0.29) is 6.42 Å². The summed E-state index contributed by atoms with van der Waals surface area (Å²) in [6.07, 6.45) is 12.6. The van der Waals surface area contributed by atoms with E-state index in [0.29, 0.717) is 5.92 Å². The zero-order chi connectivity index (χ0) is 16.7. The first-order valence-electron chi connectivity index (χ1n) is 9.71. The highest BCUT2D eigenvalue weighted by molar-refractivity contribution is 4.92. The molecule has 0 aliphatic heterocycles. The maximum absolute atomic E-state index is 12.1. The van der Waals surface area contributed by atoms with Crippen molar-refractivity contribution in [3.05, 3.63) is 12.2 Å². The second-order valence-corrected chi connectivity index (χ2v) is 7.83. The average molecular weight is 330 g/mol. The summed E-state index contributed by atoms with van der Waals surface area (Å²) in [5.74, 6) is 3.32. The fourth-order valence-electron chi connectivity index (χ4n) is 4.70. The highest BCUT2D eigenvalue weighted by atomic mass is 19.4. The Labute approximate surface area is 139 Å². The molecule has 0 aromatic carbocycles. The average Bonchev–Trinajstić information content (AvgIpc) is 2.52. The highest BCUT2D eigenvalue weighted by Crippen LogP contribution is 2.42. The van der Waals surface area contributed by atoms with Gasteiger partial charge in [0.15, 0.2) is 0 Å². The molecule has 2 aliphatic rings. The summed E-state index contributed by atoms with van der Waals surface area (Å²) in [5, 5.41) is 0. The number of alkyl halides is 3. The zero-order valence-corrected chi connectivity index (χ0v) is 14.6. The van der Waals surface area contributed by atoms with Crippen LogP contribution in [0, 0.1) is 23.7 Å². The second-order valence-electron chi connectivity index (χ2n) is 7.83. The zero-order valence-electron chi connectivity index (χ0n) is 14.6. The van der Waals surface area contributed by atoms with Crippen molar-refractivity contribution in [3.63, 3.8) is 0 Å². The summed E-state index contributed by atoms with van der Waals surface area (Å²) in [5.41, 5.74) is 0. The van der Waals surface area contributed by atoms with Crippen molar-refractivity contribution in [1.82, 2.24) is 0 Å². The van der Waals surface area contributed by atoms with Gasteiger partial charge in [-0.1, -0.05) is 44.8 Å². The lowest BCUT2D eigenvalue weighted by Crippen LogP contribution is -2.25. The molecule has 2 saturated carbocycles. The van der Waals surface area contributed by atoms with E-state index in [1.54, 1.807) is 6.08 Å². The minimum Gasteiger partial charge on any atom is -0.171 e. The first kappa shape index (κ1) is 18.9. The minimum atomic E-state index is -4.02. The van der Waals surface area contributed by atoms with Crippen LogP contribution in [-0.4, -0.2) is 6.18 Å². The maximum Gasteiger partial charge on any atom is 0.389 e. The van der Waals surface area contributed by atoms with E-state index in [4.69, 9.17) is 0 Å². The molecule has 0 spiro atoms. The third-order valence-corrected chi connectivity index (χ3v) is 6.07. The molecule has 0 N–H and O–H groups in total. The molecule has 0 radical (unpaired) electrons. The first-order chi connectivity index (χ1) is 11.0. The van der Waals surface area contributed by atoms with E-state index in [1.165, 1.54) is 64.2 Å². The largest absolute Gasteiger partial charge is 0.389 e. The summed E-state index contributed by atoms with van der Waals surface area (Å²) in [6, 6.07) is 0. The van der Waals surface area contributed by atoms with Crippen molar-refractivity contribution in [1.29, 1.82) is 0 Å². The van der Waals surface area contributed by atoms with Crippen molar-refractivity contribution < 1.29 is 13.2 Å². The van der Waals surface area contributed by atoms with Crippen LogP contribution in [0.4, 0.5) is 13.2 Å². The van der Waals surface area contributed by atoms with Crippen molar-refractivity contribution in [2.45, 2.75) is 90.1 Å². The van der Waals surface area contributed by atoms with Crippen LogP contribution in [0.5, 0.6) is 0 Å². The summed E-state index contributed by atoms with van der Waals surface area (Å²) in [6.45, 7) is 2.29. The van der Waals surface area contributed by atoms with Gasteiger partial charge in [-0.05, 0) is 68.6 Å². The molecule has 2 aliphatic carbocycles. The Kier molecular flexibility index (Phi) is 7.49. The van der Waals surface area contributed by atoms with Gasteiger partial charge in [0.05, 0.1) is 0 Å². The van der Waals surface area contributed by atoms with Gasteiger partial charge in [0.1, 0.15) is 0 Å². The third-order valence-electron chi connectivity index (χ3n) is 6.07. The van der Waals surface area contributed by atoms with E-state index in [9.17, 15) is 13.2 Å². The Balaban J connectivity index is 1.63. The Morgan fingerprint density at radius 2 is 1.43 bits per heavy atom. The monoisotopic (exact) mass is 330 g/mol. The molecule has 0 amide bonds. The van der Waals surface area contributed by atoms with Crippen LogP contribution in [0.25, 0.3) is 0 Å². The van der Waals surface area contributed by atoms with Crippen LogP contribution in [0.15, 0.2) is 12.2 Å². The molecular formula is C20H33F3. The van der Waals surface area contributed by atoms with E-state index >= 15 is 0 Å². The van der Waals surface area contributed by atoms with E-state index in [1.807, 2.05) is 0 Å². The lowest BCUT2D eigenvalue weighted by Gasteiger charge is -2.37. The van der Waals surface area contributed by atoms with Gasteiger partial charge in [-0.3, -0.25) is 0 Å². The molecule has 3 heteroatoms. The lowest BCUT2D eigenvalue weighted by atomic mass is 9.68. The van der Waals surface area contributed by atoms with Gasteiger partial charge < -0.3 is 0 Å². The molecule has 2 fully saturated rings. The number of allylic oxidation sites excluding steroid dienone is 2. The Hall–Kier alpha value is -0.470. The molecule has 2 rings (SSSR count). The molecule has 0 bridgehead atoms. The third kappa shape index (κ3) is 6.89. The Bertz CT molecular complexity index is 342. The summed E-state index contributed by atoms with van der Waals surface area (Å²) >= 11 is 0. The Morgan fingerprint density at radius 1 is 0.870 bits per heavy atom. The molecule has 134 valence electrons. The minimum absolute atomic E-state index is 0.144. The standard InChI is InChI=1S/C20H33F3/c1-2-5-16-7-11-18(12-8-16)19-13-9-17(10-14-19)6-3-4-15-20(21,22)23/h3,6,16-19H,2,4-5,7-15H2,1H3/b6-3+/t16?,17-,18?,19-. The van der Waals surface area contributed by atoms with Crippen LogP contribution in [0.2, 0.25) is 0 Å². The smallest absolute Gasteiger partial charge is 0.171 e. The molecule has 0 aromatic heterocycles. The summed E-state index contributed by atoms with van der Waals surface area (Å²) in [4.78, 5) is 0. The molecule has 0 nitrogen and oxygen atoms in total. The fourth-order valence-corrected chi connectivity index (χ4v) is 4.70. The van der Waals surface area contributed by atoms with Gasteiger partial charge in [-0.15, -0.1) is 0 Å². The van der Waals surface area contributed by atoms with Crippen LogP contribution < -0.4 is 0 Å². The van der Waals surface area contributed by atoms with Gasteiger partial charge in [0, 0.05) is 6.42 Å². The Morgan fingerprint density at radius 3 is 1.96 bits per heavy atom. The molecule has 0 unspecified atom stereocenters. The number of hydrogen-bond acceptors (Lipinski definition) is 0. The van der Waals surface area contributed by atoms with E-state index in [0.717, 1.165) is 17.8 Å². The van der Waals surface area contributed by atoms with Gasteiger partial charge in [-0.2, -0.15) is 13.2 Å². The molecule has 0 heterocycles. The summed E-state index contributed by atoms with van der Waals surface area (Å²) < 4.78 is 36.4. The van der Waals surface area contributed by atoms with E-state index in [2.05, 4.69) is 13.0 Å². The van der Waals surface area contributed by atoms with E-state index < -0.39 is 12.6 Å². The highest BCUT2D eigenvalue weighted by Gasteiger charge is 2.30. The van der Waals surface area contributed by atoms with Gasteiger partial charge in [0.2, 0.25) is 0 Å². The van der Waals surface area contributed by atoms with Crippen molar-refractivity contribution in [3.8, 4) is 0 Å². The van der Waals surface area contributed by atoms with Gasteiger partial charge in [-0.25, -0.2) is 0 Å². The van der Waals surface area contributed by atoms with Crippen LogP contribution in [-0.2, 0) is 0 Å². The molecule has 0 atom stereocenters.